The highest BCUT2D eigenvalue weighted by Crippen LogP contribution is 2.25. The van der Waals surface area contributed by atoms with Crippen molar-refractivity contribution in [2.45, 2.75) is 31.9 Å². The number of halogens is 1. The fraction of sp³-hybridized carbons (Fsp3) is 0.500. The van der Waals surface area contributed by atoms with Crippen LogP contribution in [0.5, 0.6) is 0 Å². The monoisotopic (exact) mass is 240 g/mol. The van der Waals surface area contributed by atoms with Crippen LogP contribution in [0.25, 0.3) is 0 Å². The van der Waals surface area contributed by atoms with Crippen molar-refractivity contribution in [3.05, 3.63) is 23.2 Å². The Morgan fingerprint density at radius 3 is 3.00 bits per heavy atom. The predicted molar refractivity (Wildman–Crippen MR) is 67.9 cm³/mol. The van der Waals surface area contributed by atoms with Crippen LogP contribution in [-0.2, 0) is 4.74 Å². The molecule has 1 fully saturated rings. The lowest BCUT2D eigenvalue weighted by Gasteiger charge is -2.29. The van der Waals surface area contributed by atoms with E-state index < -0.39 is 0 Å². The molecule has 1 saturated heterocycles. The highest BCUT2D eigenvalue weighted by Gasteiger charge is 2.19. The van der Waals surface area contributed by atoms with Gasteiger partial charge in [-0.05, 0) is 38.0 Å². The fourth-order valence-electron chi connectivity index (χ4n) is 2.01. The van der Waals surface area contributed by atoms with Crippen LogP contribution >= 0.6 is 11.6 Å². The van der Waals surface area contributed by atoms with E-state index in [2.05, 4.69) is 12.2 Å². The summed E-state index contributed by atoms with van der Waals surface area (Å²) in [6.07, 6.45) is 2.36. The number of nitrogens with one attached hydrogen (secondary N) is 1. The van der Waals surface area contributed by atoms with E-state index in [0.29, 0.717) is 22.9 Å². The molecule has 88 valence electrons. The zero-order chi connectivity index (χ0) is 11.5. The third-order valence-electron chi connectivity index (χ3n) is 2.86. The Morgan fingerprint density at radius 1 is 1.50 bits per heavy atom. The molecule has 0 aliphatic carbocycles. The maximum atomic E-state index is 5.90. The maximum absolute atomic E-state index is 5.90. The first-order valence-corrected chi connectivity index (χ1v) is 5.96. The average molecular weight is 241 g/mol. The van der Waals surface area contributed by atoms with Gasteiger partial charge in [-0.2, -0.15) is 0 Å². The Labute approximate surface area is 101 Å². The molecule has 1 aliphatic heterocycles. The number of ether oxygens (including phenoxy) is 1. The molecule has 2 unspecified atom stereocenters. The first-order chi connectivity index (χ1) is 7.65. The van der Waals surface area contributed by atoms with Crippen molar-refractivity contribution in [1.29, 1.82) is 0 Å². The highest BCUT2D eigenvalue weighted by molar-refractivity contribution is 6.31. The van der Waals surface area contributed by atoms with Gasteiger partial charge < -0.3 is 15.8 Å². The van der Waals surface area contributed by atoms with E-state index in [-0.39, 0.29) is 0 Å². The molecule has 16 heavy (non-hydrogen) atoms. The van der Waals surface area contributed by atoms with Crippen molar-refractivity contribution >= 4 is 23.0 Å². The van der Waals surface area contributed by atoms with Crippen LogP contribution in [0, 0.1) is 0 Å². The molecule has 4 heteroatoms. The molecule has 1 aliphatic rings. The molecule has 0 aromatic heterocycles. The molecule has 1 aromatic rings. The van der Waals surface area contributed by atoms with Crippen molar-refractivity contribution in [2.24, 2.45) is 0 Å². The van der Waals surface area contributed by atoms with E-state index in [1.165, 1.54) is 0 Å². The van der Waals surface area contributed by atoms with Crippen LogP contribution in [0.4, 0.5) is 11.4 Å². The Morgan fingerprint density at radius 2 is 2.31 bits per heavy atom. The van der Waals surface area contributed by atoms with Crippen LogP contribution in [0.15, 0.2) is 18.2 Å². The minimum Gasteiger partial charge on any atom is -0.397 e. The summed E-state index contributed by atoms with van der Waals surface area (Å²) >= 11 is 5.86. The van der Waals surface area contributed by atoms with Crippen LogP contribution < -0.4 is 11.1 Å². The van der Waals surface area contributed by atoms with Crippen LogP contribution in [0.3, 0.4) is 0 Å². The molecule has 3 N–H and O–H groups in total. The second-order valence-corrected chi connectivity index (χ2v) is 4.72. The van der Waals surface area contributed by atoms with Crippen molar-refractivity contribution < 1.29 is 4.74 Å². The summed E-state index contributed by atoms with van der Waals surface area (Å²) < 4.78 is 5.50. The van der Waals surface area contributed by atoms with Crippen molar-refractivity contribution in [3.63, 3.8) is 0 Å². The van der Waals surface area contributed by atoms with E-state index in [1.807, 2.05) is 12.1 Å². The molecule has 0 radical (unpaired) electrons. The number of nitrogen functional groups attached to an aromatic ring is 1. The third kappa shape index (κ3) is 2.80. The van der Waals surface area contributed by atoms with E-state index >= 15 is 0 Å². The van der Waals surface area contributed by atoms with Gasteiger partial charge in [0.05, 0.1) is 17.5 Å². The fourth-order valence-corrected chi connectivity index (χ4v) is 2.19. The molecule has 2 atom stereocenters. The number of benzene rings is 1. The van der Waals surface area contributed by atoms with Gasteiger partial charge in [-0.1, -0.05) is 11.6 Å². The first-order valence-electron chi connectivity index (χ1n) is 5.58. The Bertz CT molecular complexity index is 370. The number of hydrogen-bond acceptors (Lipinski definition) is 3. The number of nitrogens with two attached hydrogens (primary N) is 1. The molecule has 0 saturated carbocycles. The summed E-state index contributed by atoms with van der Waals surface area (Å²) in [7, 11) is 0. The third-order valence-corrected chi connectivity index (χ3v) is 3.09. The zero-order valence-electron chi connectivity index (χ0n) is 9.37. The van der Waals surface area contributed by atoms with Crippen molar-refractivity contribution in [1.82, 2.24) is 0 Å². The zero-order valence-corrected chi connectivity index (χ0v) is 10.1. The summed E-state index contributed by atoms with van der Waals surface area (Å²) in [5.74, 6) is 0. The topological polar surface area (TPSA) is 47.3 Å². The predicted octanol–water partition coefficient (Wildman–Crippen LogP) is 2.90. The molecule has 0 bridgehead atoms. The first kappa shape index (κ1) is 11.6. The molecule has 1 heterocycles. The molecular formula is C12H17ClN2O. The van der Waals surface area contributed by atoms with E-state index in [4.69, 9.17) is 22.1 Å². The second kappa shape index (κ2) is 4.93. The maximum Gasteiger partial charge on any atom is 0.0577 e. The smallest absolute Gasteiger partial charge is 0.0577 e. The molecule has 0 amide bonds. The lowest BCUT2D eigenvalue weighted by molar-refractivity contribution is 0.0232. The quantitative estimate of drug-likeness (QED) is 0.782. The van der Waals surface area contributed by atoms with Gasteiger partial charge in [0.1, 0.15) is 0 Å². The standard InChI is InChI=1S/C12H17ClN2O/c1-8-6-10(4-5-16-8)15-12-3-2-9(13)7-11(12)14/h2-3,7-8,10,15H,4-6,14H2,1H3. The number of hydrogen-bond donors (Lipinski definition) is 2. The lowest BCUT2D eigenvalue weighted by Crippen LogP contribution is -2.32. The van der Waals surface area contributed by atoms with Gasteiger partial charge in [-0.25, -0.2) is 0 Å². The van der Waals surface area contributed by atoms with Gasteiger partial charge in [0.2, 0.25) is 0 Å². The Kier molecular flexibility index (Phi) is 3.56. The minimum absolute atomic E-state index is 0.319. The molecule has 2 rings (SSSR count). The summed E-state index contributed by atoms with van der Waals surface area (Å²) in [4.78, 5) is 0. The summed E-state index contributed by atoms with van der Waals surface area (Å²) in [6, 6.07) is 5.99. The number of anilines is 2. The minimum atomic E-state index is 0.319. The van der Waals surface area contributed by atoms with Crippen molar-refractivity contribution in [2.75, 3.05) is 17.7 Å². The van der Waals surface area contributed by atoms with Gasteiger partial charge in [0.25, 0.3) is 0 Å². The molecule has 0 spiro atoms. The largest absolute Gasteiger partial charge is 0.397 e. The highest BCUT2D eigenvalue weighted by atomic mass is 35.5. The molecular weight excluding hydrogens is 224 g/mol. The summed E-state index contributed by atoms with van der Waals surface area (Å²) in [5, 5.41) is 4.11. The summed E-state index contributed by atoms with van der Waals surface area (Å²) in [5.41, 5.74) is 7.56. The SMILES string of the molecule is CC1CC(Nc2ccc(Cl)cc2N)CCO1. The second-order valence-electron chi connectivity index (χ2n) is 4.28. The van der Waals surface area contributed by atoms with Gasteiger partial charge in [-0.15, -0.1) is 0 Å². The normalized spacial score (nSPS) is 25.4. The lowest BCUT2D eigenvalue weighted by atomic mass is 10.0. The molecule has 3 nitrogen and oxygen atoms in total. The van der Waals surface area contributed by atoms with Crippen LogP contribution in [-0.4, -0.2) is 18.8 Å². The number of rotatable bonds is 2. The van der Waals surface area contributed by atoms with Crippen LogP contribution in [0.2, 0.25) is 5.02 Å². The van der Waals surface area contributed by atoms with E-state index in [0.717, 1.165) is 25.1 Å². The van der Waals surface area contributed by atoms with E-state index in [1.54, 1.807) is 6.07 Å². The van der Waals surface area contributed by atoms with Gasteiger partial charge in [0.15, 0.2) is 0 Å². The van der Waals surface area contributed by atoms with Gasteiger partial charge in [0, 0.05) is 17.7 Å². The Hall–Kier alpha value is -0.930. The average Bonchev–Trinajstić information content (AvgIpc) is 2.22. The van der Waals surface area contributed by atoms with Gasteiger partial charge >= 0.3 is 0 Å². The van der Waals surface area contributed by atoms with Crippen molar-refractivity contribution in [3.8, 4) is 0 Å². The van der Waals surface area contributed by atoms with E-state index in [9.17, 15) is 0 Å². The van der Waals surface area contributed by atoms with Gasteiger partial charge in [-0.3, -0.25) is 0 Å². The molecule has 1 aromatic carbocycles. The summed E-state index contributed by atoms with van der Waals surface area (Å²) in [6.45, 7) is 2.91. The Balaban J connectivity index is 2.02. The van der Waals surface area contributed by atoms with Crippen LogP contribution in [0.1, 0.15) is 19.8 Å².